The van der Waals surface area contributed by atoms with Gasteiger partial charge in [0.2, 0.25) is 5.95 Å². The third-order valence-corrected chi connectivity index (χ3v) is 7.56. The molecule has 2 N–H and O–H groups in total. The molecule has 5 rings (SSSR count). The van der Waals surface area contributed by atoms with Crippen LogP contribution in [0.3, 0.4) is 0 Å². The summed E-state index contributed by atoms with van der Waals surface area (Å²) in [6, 6.07) is 17.4. The summed E-state index contributed by atoms with van der Waals surface area (Å²) in [5, 5.41) is 5.22. The number of likely N-dealkylation sites (N-methyl/N-ethyl adjacent to an activating group) is 2. The zero-order valence-corrected chi connectivity index (χ0v) is 23.8. The fourth-order valence-electron chi connectivity index (χ4n) is 5.08. The molecule has 2 aromatic carbocycles. The number of hydrogen-bond acceptors (Lipinski definition) is 6. The number of H-pyrrole nitrogens is 1. The number of halogens is 1. The second-order valence-electron chi connectivity index (χ2n) is 10.6. The molecule has 1 saturated heterocycles. The summed E-state index contributed by atoms with van der Waals surface area (Å²) in [7, 11) is 6.33. The van der Waals surface area contributed by atoms with Gasteiger partial charge in [-0.2, -0.15) is 0 Å². The molecule has 4 aromatic rings. The summed E-state index contributed by atoms with van der Waals surface area (Å²) < 4.78 is 0. The summed E-state index contributed by atoms with van der Waals surface area (Å²) in [6.07, 6.45) is 10.2. The van der Waals surface area contributed by atoms with E-state index in [9.17, 15) is 0 Å². The van der Waals surface area contributed by atoms with Gasteiger partial charge in [-0.05, 0) is 50.7 Å². The molecule has 0 radical (unpaired) electrons. The van der Waals surface area contributed by atoms with Crippen LogP contribution in [0.15, 0.2) is 73.1 Å². The number of aromatic nitrogens is 3. The Balaban J connectivity index is 1.15. The van der Waals surface area contributed by atoms with E-state index in [0.717, 1.165) is 67.7 Å². The first-order valence-electron chi connectivity index (χ1n) is 13.6. The average Bonchev–Trinajstić information content (AvgIpc) is 3.37. The number of fused-ring (bicyclic) bond motifs is 1. The van der Waals surface area contributed by atoms with Crippen molar-refractivity contribution in [2.45, 2.75) is 25.4 Å². The molecule has 1 fully saturated rings. The zero-order chi connectivity index (χ0) is 27.2. The van der Waals surface area contributed by atoms with Crippen molar-refractivity contribution in [3.05, 3.63) is 83.7 Å². The topological polar surface area (TPSA) is 63.3 Å². The minimum Gasteiger partial charge on any atom is -0.371 e. The standard InChI is InChI=1S/C31H38ClN7/c1-37(2)15-6-7-16-38(3)25-10-8-9-23(19-25)22-39-17-13-24(14-18-39)35-31-34-21-28(32)30(36-31)27-20-33-29-12-5-4-11-26(27)29/h4-12,19-21,24,33H,13-18,22H2,1-3H3,(H,34,35,36)/b7-6+. The molecule has 1 aliphatic heterocycles. The van der Waals surface area contributed by atoms with Gasteiger partial charge in [-0.25, -0.2) is 9.97 Å². The van der Waals surface area contributed by atoms with Crippen molar-refractivity contribution in [3.8, 4) is 11.3 Å². The molecule has 0 atom stereocenters. The Morgan fingerprint density at radius 2 is 1.85 bits per heavy atom. The van der Waals surface area contributed by atoms with Gasteiger partial charge in [-0.15, -0.1) is 0 Å². The highest BCUT2D eigenvalue weighted by Gasteiger charge is 2.21. The van der Waals surface area contributed by atoms with E-state index in [2.05, 4.69) is 99.7 Å². The van der Waals surface area contributed by atoms with Crippen molar-refractivity contribution >= 4 is 34.1 Å². The number of likely N-dealkylation sites (tertiary alicyclic amines) is 1. The third kappa shape index (κ3) is 6.98. The van der Waals surface area contributed by atoms with Crippen LogP contribution in [0.2, 0.25) is 5.02 Å². The Labute approximate surface area is 236 Å². The lowest BCUT2D eigenvalue weighted by Crippen LogP contribution is -2.39. The van der Waals surface area contributed by atoms with Crippen LogP contribution < -0.4 is 10.2 Å². The van der Waals surface area contributed by atoms with Crippen molar-refractivity contribution in [2.24, 2.45) is 0 Å². The highest BCUT2D eigenvalue weighted by atomic mass is 35.5. The van der Waals surface area contributed by atoms with Gasteiger partial charge in [0.15, 0.2) is 0 Å². The molecule has 0 aliphatic carbocycles. The first-order chi connectivity index (χ1) is 19.0. The lowest BCUT2D eigenvalue weighted by molar-refractivity contribution is 0.211. The monoisotopic (exact) mass is 543 g/mol. The molecule has 204 valence electrons. The van der Waals surface area contributed by atoms with Crippen molar-refractivity contribution in [1.82, 2.24) is 24.8 Å². The summed E-state index contributed by atoms with van der Waals surface area (Å²) in [6.45, 7) is 4.91. The van der Waals surface area contributed by atoms with Crippen LogP contribution in [-0.2, 0) is 6.54 Å². The molecule has 39 heavy (non-hydrogen) atoms. The highest BCUT2D eigenvalue weighted by molar-refractivity contribution is 6.33. The van der Waals surface area contributed by atoms with Crippen molar-refractivity contribution < 1.29 is 0 Å². The molecule has 2 aromatic heterocycles. The number of anilines is 2. The molecule has 0 bridgehead atoms. The van der Waals surface area contributed by atoms with Crippen molar-refractivity contribution in [2.75, 3.05) is 57.5 Å². The molecule has 0 unspecified atom stereocenters. The highest BCUT2D eigenvalue weighted by Crippen LogP contribution is 2.32. The van der Waals surface area contributed by atoms with Crippen LogP contribution in [0.1, 0.15) is 18.4 Å². The lowest BCUT2D eigenvalue weighted by atomic mass is 10.0. The van der Waals surface area contributed by atoms with E-state index in [1.165, 1.54) is 11.3 Å². The Hall–Kier alpha value is -3.39. The molecule has 7 nitrogen and oxygen atoms in total. The van der Waals surface area contributed by atoms with Gasteiger partial charge in [-0.3, -0.25) is 4.90 Å². The van der Waals surface area contributed by atoms with Crippen LogP contribution in [0, 0.1) is 0 Å². The summed E-state index contributed by atoms with van der Waals surface area (Å²) >= 11 is 6.52. The number of benzene rings is 2. The van der Waals surface area contributed by atoms with Gasteiger partial charge < -0.3 is 20.1 Å². The van der Waals surface area contributed by atoms with Crippen LogP contribution in [-0.4, -0.2) is 78.1 Å². The summed E-state index contributed by atoms with van der Waals surface area (Å²) in [5.41, 5.74) is 5.42. The maximum absolute atomic E-state index is 6.52. The largest absolute Gasteiger partial charge is 0.371 e. The van der Waals surface area contributed by atoms with Gasteiger partial charge >= 0.3 is 0 Å². The zero-order valence-electron chi connectivity index (χ0n) is 23.1. The number of para-hydroxylation sites is 1. The van der Waals surface area contributed by atoms with E-state index in [1.807, 2.05) is 18.3 Å². The van der Waals surface area contributed by atoms with Gasteiger partial charge in [-0.1, -0.05) is 54.1 Å². The van der Waals surface area contributed by atoms with Crippen molar-refractivity contribution in [3.63, 3.8) is 0 Å². The Kier molecular flexibility index (Phi) is 8.81. The minimum absolute atomic E-state index is 0.338. The smallest absolute Gasteiger partial charge is 0.223 e. The summed E-state index contributed by atoms with van der Waals surface area (Å²) in [5.74, 6) is 0.633. The SMILES string of the molecule is CN(C)C/C=C/CN(C)c1cccc(CN2CCC(Nc3ncc(Cl)c(-c4c[nH]c5ccccc45)n3)CC2)c1. The fraction of sp³-hybridized carbons (Fsp3) is 0.355. The third-order valence-electron chi connectivity index (χ3n) is 7.28. The van der Waals surface area contributed by atoms with Crippen LogP contribution in [0.25, 0.3) is 22.2 Å². The molecule has 3 heterocycles. The Morgan fingerprint density at radius 3 is 2.67 bits per heavy atom. The average molecular weight is 544 g/mol. The van der Waals surface area contributed by atoms with Gasteiger partial charge in [0.1, 0.15) is 0 Å². The Morgan fingerprint density at radius 1 is 1.05 bits per heavy atom. The molecular weight excluding hydrogens is 506 g/mol. The molecule has 8 heteroatoms. The maximum atomic E-state index is 6.52. The molecular formula is C31H38ClN7. The normalized spacial score (nSPS) is 15.0. The number of piperidine rings is 1. The maximum Gasteiger partial charge on any atom is 0.223 e. The number of hydrogen-bond donors (Lipinski definition) is 2. The van der Waals surface area contributed by atoms with Crippen LogP contribution in [0.5, 0.6) is 0 Å². The van der Waals surface area contributed by atoms with E-state index in [-0.39, 0.29) is 0 Å². The first-order valence-corrected chi connectivity index (χ1v) is 14.0. The first kappa shape index (κ1) is 27.2. The van der Waals surface area contributed by atoms with E-state index in [1.54, 1.807) is 6.20 Å². The van der Waals surface area contributed by atoms with E-state index >= 15 is 0 Å². The molecule has 1 aliphatic rings. The number of nitrogens with zero attached hydrogens (tertiary/aromatic N) is 5. The quantitative estimate of drug-likeness (QED) is 0.242. The Bertz CT molecular complexity index is 1410. The second kappa shape index (κ2) is 12.6. The minimum atomic E-state index is 0.338. The van der Waals surface area contributed by atoms with Crippen LogP contribution in [0.4, 0.5) is 11.6 Å². The molecule has 0 spiro atoms. The number of nitrogens with one attached hydrogen (secondary N) is 2. The van der Waals surface area contributed by atoms with E-state index < -0.39 is 0 Å². The van der Waals surface area contributed by atoms with Gasteiger partial charge in [0, 0.05) is 74.2 Å². The number of rotatable bonds is 10. The van der Waals surface area contributed by atoms with Gasteiger partial charge in [0.25, 0.3) is 0 Å². The van der Waals surface area contributed by atoms with E-state index in [0.29, 0.717) is 17.0 Å². The predicted molar refractivity (Wildman–Crippen MR) is 164 cm³/mol. The second-order valence-corrected chi connectivity index (χ2v) is 11.0. The number of aromatic amines is 1. The predicted octanol–water partition coefficient (Wildman–Crippen LogP) is 5.91. The van der Waals surface area contributed by atoms with Gasteiger partial charge in [0.05, 0.1) is 16.9 Å². The van der Waals surface area contributed by atoms with E-state index in [4.69, 9.17) is 16.6 Å². The lowest BCUT2D eigenvalue weighted by Gasteiger charge is -2.32. The summed E-state index contributed by atoms with van der Waals surface area (Å²) in [4.78, 5) is 19.6. The fourth-order valence-corrected chi connectivity index (χ4v) is 5.28. The molecule has 0 amide bonds. The van der Waals surface area contributed by atoms with Crippen LogP contribution >= 0.6 is 11.6 Å². The molecule has 0 saturated carbocycles. The van der Waals surface area contributed by atoms with Crippen molar-refractivity contribution in [1.29, 1.82) is 0 Å².